The summed E-state index contributed by atoms with van der Waals surface area (Å²) in [5, 5.41) is 0. The van der Waals surface area contributed by atoms with E-state index in [1.807, 2.05) is 60.4 Å². The smallest absolute Gasteiger partial charge is 0.231 e. The number of ether oxygens (including phenoxy) is 5. The van der Waals surface area contributed by atoms with Crippen LogP contribution in [-0.2, 0) is 11.3 Å². The molecule has 0 aliphatic carbocycles. The van der Waals surface area contributed by atoms with Gasteiger partial charge in [-0.1, -0.05) is 37.3 Å². The van der Waals surface area contributed by atoms with Crippen molar-refractivity contribution in [3.63, 3.8) is 0 Å². The summed E-state index contributed by atoms with van der Waals surface area (Å²) in [6, 6.07) is 19.9. The zero-order valence-electron chi connectivity index (χ0n) is 20.0. The van der Waals surface area contributed by atoms with Crippen LogP contribution in [0.25, 0.3) is 0 Å². The van der Waals surface area contributed by atoms with Crippen molar-refractivity contribution in [3.05, 3.63) is 77.4 Å². The Balaban J connectivity index is 1.41. The van der Waals surface area contributed by atoms with E-state index in [0.29, 0.717) is 19.5 Å². The van der Waals surface area contributed by atoms with Gasteiger partial charge >= 0.3 is 0 Å². The first-order valence-corrected chi connectivity index (χ1v) is 11.8. The van der Waals surface area contributed by atoms with E-state index in [9.17, 15) is 4.79 Å². The molecule has 0 saturated carbocycles. The first-order valence-electron chi connectivity index (χ1n) is 11.8. The molecule has 3 aromatic carbocycles. The Morgan fingerprint density at radius 1 is 0.914 bits per heavy atom. The molecule has 7 heteroatoms. The van der Waals surface area contributed by atoms with E-state index in [0.717, 1.165) is 51.9 Å². The summed E-state index contributed by atoms with van der Waals surface area (Å²) in [6.07, 6.45) is 1.16. The Hall–Kier alpha value is -3.87. The third kappa shape index (κ3) is 4.85. The molecule has 0 spiro atoms. The van der Waals surface area contributed by atoms with Gasteiger partial charge in [0.25, 0.3) is 0 Å². The first-order chi connectivity index (χ1) is 17.2. The molecular weight excluding hydrogens is 446 g/mol. The number of hydrogen-bond donors (Lipinski definition) is 0. The lowest BCUT2D eigenvalue weighted by atomic mass is 9.87. The predicted molar refractivity (Wildman–Crippen MR) is 130 cm³/mol. The Labute approximate surface area is 205 Å². The number of hydrogen-bond acceptors (Lipinski definition) is 6. The second-order valence-electron chi connectivity index (χ2n) is 8.55. The van der Waals surface area contributed by atoms with Gasteiger partial charge in [-0.05, 0) is 47.9 Å². The Kier molecular flexibility index (Phi) is 6.66. The predicted octanol–water partition coefficient (Wildman–Crippen LogP) is 5.11. The van der Waals surface area contributed by atoms with Gasteiger partial charge in [0.1, 0.15) is 5.75 Å². The zero-order chi connectivity index (χ0) is 24.2. The summed E-state index contributed by atoms with van der Waals surface area (Å²) in [4.78, 5) is 14.8. The molecule has 2 aliphatic heterocycles. The second-order valence-corrected chi connectivity index (χ2v) is 8.55. The largest absolute Gasteiger partial charge is 0.496 e. The SMILES string of the molecule is CCC(=O)N(CC[C@H](c1ccc2c(c1)OCO2)c1ccccc1OC)Cc1ccc2c(c1)OCO2. The molecule has 5 rings (SSSR count). The molecule has 0 N–H and O–H groups in total. The van der Waals surface area contributed by atoms with Crippen molar-refractivity contribution in [2.45, 2.75) is 32.2 Å². The maximum Gasteiger partial charge on any atom is 0.231 e. The summed E-state index contributed by atoms with van der Waals surface area (Å²) in [5.74, 6) is 3.87. The summed E-state index contributed by atoms with van der Waals surface area (Å²) >= 11 is 0. The van der Waals surface area contributed by atoms with Crippen LogP contribution in [0.1, 0.15) is 42.4 Å². The molecule has 3 aromatic rings. The van der Waals surface area contributed by atoms with Crippen molar-refractivity contribution in [1.29, 1.82) is 0 Å². The quantitative estimate of drug-likeness (QED) is 0.428. The highest BCUT2D eigenvalue weighted by Gasteiger charge is 2.24. The van der Waals surface area contributed by atoms with Crippen molar-refractivity contribution in [3.8, 4) is 28.7 Å². The number of carbonyl (C=O) groups is 1. The summed E-state index contributed by atoms with van der Waals surface area (Å²) in [6.45, 7) is 3.44. The minimum atomic E-state index is 0.00422. The first kappa shape index (κ1) is 22.9. The number of para-hydroxylation sites is 1. The normalized spacial score (nSPS) is 14.0. The van der Waals surface area contributed by atoms with Gasteiger partial charge in [0, 0.05) is 31.0 Å². The number of fused-ring (bicyclic) bond motifs is 2. The van der Waals surface area contributed by atoms with Crippen molar-refractivity contribution < 1.29 is 28.5 Å². The van der Waals surface area contributed by atoms with Crippen LogP contribution in [0, 0.1) is 0 Å². The molecule has 1 amide bonds. The Bertz CT molecular complexity index is 1210. The molecule has 0 saturated heterocycles. The Morgan fingerprint density at radius 2 is 1.60 bits per heavy atom. The van der Waals surface area contributed by atoms with E-state index in [1.165, 1.54) is 0 Å². The van der Waals surface area contributed by atoms with Gasteiger partial charge in [-0.15, -0.1) is 0 Å². The molecule has 35 heavy (non-hydrogen) atoms. The molecule has 0 bridgehead atoms. The number of rotatable bonds is 9. The van der Waals surface area contributed by atoms with Crippen LogP contribution in [0.5, 0.6) is 28.7 Å². The van der Waals surface area contributed by atoms with Crippen molar-refractivity contribution >= 4 is 5.91 Å². The van der Waals surface area contributed by atoms with Crippen molar-refractivity contribution in [1.82, 2.24) is 4.90 Å². The highest BCUT2D eigenvalue weighted by Crippen LogP contribution is 2.40. The van der Waals surface area contributed by atoms with Crippen LogP contribution in [-0.4, -0.2) is 38.0 Å². The molecule has 0 radical (unpaired) electrons. The van der Waals surface area contributed by atoms with Gasteiger partial charge in [0.2, 0.25) is 19.5 Å². The molecule has 182 valence electrons. The number of amides is 1. The van der Waals surface area contributed by atoms with E-state index >= 15 is 0 Å². The lowest BCUT2D eigenvalue weighted by Gasteiger charge is -2.27. The number of benzene rings is 3. The average molecular weight is 476 g/mol. The van der Waals surface area contributed by atoms with E-state index in [4.69, 9.17) is 23.7 Å². The molecule has 1 atom stereocenters. The molecular formula is C28H29NO6. The third-order valence-electron chi connectivity index (χ3n) is 6.47. The fraction of sp³-hybridized carbons (Fsp3) is 0.321. The highest BCUT2D eigenvalue weighted by molar-refractivity contribution is 5.75. The van der Waals surface area contributed by atoms with Gasteiger partial charge in [-0.3, -0.25) is 4.79 Å². The van der Waals surface area contributed by atoms with E-state index in [2.05, 4.69) is 12.1 Å². The molecule has 0 aromatic heterocycles. The summed E-state index contributed by atoms with van der Waals surface area (Å²) < 4.78 is 27.8. The van der Waals surface area contributed by atoms with Gasteiger partial charge in [0.15, 0.2) is 23.0 Å². The third-order valence-corrected chi connectivity index (χ3v) is 6.47. The van der Waals surface area contributed by atoms with E-state index in [-0.39, 0.29) is 25.4 Å². The highest BCUT2D eigenvalue weighted by atomic mass is 16.7. The number of nitrogens with zero attached hydrogens (tertiary/aromatic N) is 1. The zero-order valence-corrected chi connectivity index (χ0v) is 20.0. The van der Waals surface area contributed by atoms with E-state index < -0.39 is 0 Å². The lowest BCUT2D eigenvalue weighted by Crippen LogP contribution is -2.31. The summed E-state index contributed by atoms with van der Waals surface area (Å²) in [5.41, 5.74) is 3.17. The summed E-state index contributed by atoms with van der Waals surface area (Å²) in [7, 11) is 1.68. The van der Waals surface area contributed by atoms with Crippen LogP contribution in [0.2, 0.25) is 0 Å². The average Bonchev–Trinajstić information content (AvgIpc) is 3.56. The number of carbonyl (C=O) groups excluding carboxylic acids is 1. The van der Waals surface area contributed by atoms with Crippen LogP contribution >= 0.6 is 0 Å². The topological polar surface area (TPSA) is 66.5 Å². The molecule has 7 nitrogen and oxygen atoms in total. The molecule has 2 aliphatic rings. The van der Waals surface area contributed by atoms with Gasteiger partial charge in [-0.2, -0.15) is 0 Å². The molecule has 2 heterocycles. The Morgan fingerprint density at radius 3 is 2.34 bits per heavy atom. The van der Waals surface area contributed by atoms with Crippen molar-refractivity contribution in [2.24, 2.45) is 0 Å². The standard InChI is InChI=1S/C28H29NO6/c1-3-28(30)29(16-19-8-10-24-26(14-19)34-17-32-24)13-12-21(22-6-4-5-7-23(22)31-2)20-9-11-25-27(15-20)35-18-33-25/h4-11,14-15,21H,3,12-13,16-18H2,1-2H3/t21-/m1/s1. The monoisotopic (exact) mass is 475 g/mol. The lowest BCUT2D eigenvalue weighted by molar-refractivity contribution is -0.131. The van der Waals surface area contributed by atoms with Gasteiger partial charge in [-0.25, -0.2) is 0 Å². The van der Waals surface area contributed by atoms with Crippen LogP contribution < -0.4 is 23.7 Å². The molecule has 0 unspecified atom stereocenters. The minimum absolute atomic E-state index is 0.00422. The van der Waals surface area contributed by atoms with Gasteiger partial charge in [0.05, 0.1) is 7.11 Å². The van der Waals surface area contributed by atoms with Crippen molar-refractivity contribution in [2.75, 3.05) is 27.2 Å². The van der Waals surface area contributed by atoms with Crippen LogP contribution in [0.4, 0.5) is 0 Å². The maximum atomic E-state index is 12.9. The maximum absolute atomic E-state index is 12.9. The van der Waals surface area contributed by atoms with Gasteiger partial charge < -0.3 is 28.6 Å². The fourth-order valence-electron chi connectivity index (χ4n) is 4.65. The number of methoxy groups -OCH3 is 1. The fourth-order valence-corrected chi connectivity index (χ4v) is 4.65. The van der Waals surface area contributed by atoms with Crippen LogP contribution in [0.15, 0.2) is 60.7 Å². The van der Waals surface area contributed by atoms with E-state index in [1.54, 1.807) is 7.11 Å². The second kappa shape index (κ2) is 10.2. The minimum Gasteiger partial charge on any atom is -0.496 e. The molecule has 0 fully saturated rings. The van der Waals surface area contributed by atoms with Crippen LogP contribution in [0.3, 0.4) is 0 Å².